The lowest BCUT2D eigenvalue weighted by Crippen LogP contribution is -2.38. The standard InChI is InChI=1S/C12H16N2O/c13-11-5-10(7-14-8-11)4-9-2-1-3-12(15)6-9/h1-3,5-6,11,14-15H,4,7-8,13H2. The van der Waals surface area contributed by atoms with Crippen molar-refractivity contribution in [3.8, 4) is 5.75 Å². The maximum absolute atomic E-state index is 9.33. The van der Waals surface area contributed by atoms with Crippen molar-refractivity contribution in [3.63, 3.8) is 0 Å². The highest BCUT2D eigenvalue weighted by Gasteiger charge is 2.09. The Bertz CT molecular complexity index is 374. The van der Waals surface area contributed by atoms with Crippen molar-refractivity contribution in [2.45, 2.75) is 12.5 Å². The lowest BCUT2D eigenvalue weighted by molar-refractivity contribution is 0.474. The van der Waals surface area contributed by atoms with Crippen LogP contribution in [0.25, 0.3) is 0 Å². The van der Waals surface area contributed by atoms with Gasteiger partial charge in [-0.15, -0.1) is 0 Å². The van der Waals surface area contributed by atoms with Gasteiger partial charge in [0.15, 0.2) is 0 Å². The zero-order chi connectivity index (χ0) is 10.7. The van der Waals surface area contributed by atoms with Crippen LogP contribution >= 0.6 is 0 Å². The molecule has 0 saturated carbocycles. The van der Waals surface area contributed by atoms with Gasteiger partial charge in [0, 0.05) is 19.1 Å². The van der Waals surface area contributed by atoms with Crippen LogP contribution in [0, 0.1) is 0 Å². The van der Waals surface area contributed by atoms with Gasteiger partial charge in [-0.1, -0.05) is 23.8 Å². The van der Waals surface area contributed by atoms with Crippen LogP contribution in [0.2, 0.25) is 0 Å². The minimum atomic E-state index is 0.117. The second kappa shape index (κ2) is 4.47. The fourth-order valence-corrected chi connectivity index (χ4v) is 1.87. The van der Waals surface area contributed by atoms with Crippen LogP contribution in [0.1, 0.15) is 5.56 Å². The Kier molecular flexibility index (Phi) is 3.04. The first-order chi connectivity index (χ1) is 7.24. The van der Waals surface area contributed by atoms with Gasteiger partial charge < -0.3 is 16.2 Å². The average Bonchev–Trinajstić information content (AvgIpc) is 2.17. The summed E-state index contributed by atoms with van der Waals surface area (Å²) in [4.78, 5) is 0. The van der Waals surface area contributed by atoms with Gasteiger partial charge in [-0.25, -0.2) is 0 Å². The van der Waals surface area contributed by atoms with Gasteiger partial charge in [0.25, 0.3) is 0 Å². The summed E-state index contributed by atoms with van der Waals surface area (Å²) in [6.07, 6.45) is 2.97. The van der Waals surface area contributed by atoms with Gasteiger partial charge in [0.1, 0.15) is 5.75 Å². The van der Waals surface area contributed by atoms with Crippen LogP contribution in [0.3, 0.4) is 0 Å². The summed E-state index contributed by atoms with van der Waals surface area (Å²) in [5.74, 6) is 0.321. The zero-order valence-corrected chi connectivity index (χ0v) is 8.61. The van der Waals surface area contributed by atoms with Crippen molar-refractivity contribution in [1.82, 2.24) is 5.32 Å². The summed E-state index contributed by atoms with van der Waals surface area (Å²) >= 11 is 0. The molecule has 0 aromatic heterocycles. The molecule has 15 heavy (non-hydrogen) atoms. The molecule has 1 atom stereocenters. The fraction of sp³-hybridized carbons (Fsp3) is 0.333. The number of rotatable bonds is 2. The minimum Gasteiger partial charge on any atom is -0.508 e. The summed E-state index contributed by atoms with van der Waals surface area (Å²) in [7, 11) is 0. The highest BCUT2D eigenvalue weighted by Crippen LogP contribution is 2.15. The highest BCUT2D eigenvalue weighted by atomic mass is 16.3. The SMILES string of the molecule is NC1C=C(Cc2cccc(O)c2)CNC1. The normalized spacial score (nSPS) is 21.1. The highest BCUT2D eigenvalue weighted by molar-refractivity contribution is 5.31. The molecule has 3 heteroatoms. The molecule has 3 nitrogen and oxygen atoms in total. The smallest absolute Gasteiger partial charge is 0.115 e. The Morgan fingerprint density at radius 2 is 2.33 bits per heavy atom. The van der Waals surface area contributed by atoms with Crippen molar-refractivity contribution in [2.24, 2.45) is 5.73 Å². The van der Waals surface area contributed by atoms with Gasteiger partial charge in [-0.2, -0.15) is 0 Å². The molecule has 1 aromatic carbocycles. The van der Waals surface area contributed by atoms with E-state index in [-0.39, 0.29) is 6.04 Å². The third-order valence-electron chi connectivity index (χ3n) is 2.52. The number of phenolic OH excluding ortho intramolecular Hbond substituents is 1. The molecular formula is C12H16N2O. The van der Waals surface area contributed by atoms with E-state index in [9.17, 15) is 5.11 Å². The van der Waals surface area contributed by atoms with Crippen LogP contribution in [0.15, 0.2) is 35.9 Å². The van der Waals surface area contributed by atoms with Gasteiger partial charge in [-0.05, 0) is 24.1 Å². The summed E-state index contributed by atoms with van der Waals surface area (Å²) in [6, 6.07) is 7.47. The predicted octanol–water partition coefficient (Wildman–Crippen LogP) is 0.792. The van der Waals surface area contributed by atoms with E-state index in [1.165, 1.54) is 5.57 Å². The van der Waals surface area contributed by atoms with Crippen LogP contribution in [-0.4, -0.2) is 24.2 Å². The second-order valence-corrected chi connectivity index (χ2v) is 3.97. The number of aromatic hydroxyl groups is 1. The average molecular weight is 204 g/mol. The molecule has 0 spiro atoms. The Labute approximate surface area is 89.6 Å². The van der Waals surface area contributed by atoms with E-state index < -0.39 is 0 Å². The molecule has 1 unspecified atom stereocenters. The van der Waals surface area contributed by atoms with Gasteiger partial charge in [0.05, 0.1) is 0 Å². The van der Waals surface area contributed by atoms with Crippen LogP contribution in [0.5, 0.6) is 5.75 Å². The Balaban J connectivity index is 2.08. The Morgan fingerprint density at radius 3 is 3.07 bits per heavy atom. The zero-order valence-electron chi connectivity index (χ0n) is 8.61. The largest absolute Gasteiger partial charge is 0.508 e. The van der Waals surface area contributed by atoms with Gasteiger partial charge >= 0.3 is 0 Å². The molecule has 0 saturated heterocycles. The third-order valence-corrected chi connectivity index (χ3v) is 2.52. The quantitative estimate of drug-likeness (QED) is 0.624. The first kappa shape index (κ1) is 10.2. The van der Waals surface area contributed by atoms with Crippen molar-refractivity contribution in [1.29, 1.82) is 0 Å². The second-order valence-electron chi connectivity index (χ2n) is 3.97. The Hall–Kier alpha value is -1.32. The van der Waals surface area contributed by atoms with Gasteiger partial charge in [0.2, 0.25) is 0 Å². The van der Waals surface area contributed by atoms with Gasteiger partial charge in [-0.3, -0.25) is 0 Å². The number of nitrogens with one attached hydrogen (secondary N) is 1. The molecule has 0 fully saturated rings. The monoisotopic (exact) mass is 204 g/mol. The summed E-state index contributed by atoms with van der Waals surface area (Å²) in [5, 5.41) is 12.6. The fourth-order valence-electron chi connectivity index (χ4n) is 1.87. The molecule has 0 bridgehead atoms. The molecule has 4 N–H and O–H groups in total. The molecular weight excluding hydrogens is 188 g/mol. The van der Waals surface area contributed by atoms with Crippen molar-refractivity contribution < 1.29 is 5.11 Å². The number of phenols is 1. The summed E-state index contributed by atoms with van der Waals surface area (Å²) < 4.78 is 0. The van der Waals surface area contributed by atoms with Crippen LogP contribution in [-0.2, 0) is 6.42 Å². The van der Waals surface area contributed by atoms with E-state index in [0.717, 1.165) is 25.1 Å². The Morgan fingerprint density at radius 1 is 1.47 bits per heavy atom. The summed E-state index contributed by atoms with van der Waals surface area (Å²) in [6.45, 7) is 1.74. The lowest BCUT2D eigenvalue weighted by atomic mass is 10.0. The van der Waals surface area contributed by atoms with Crippen LogP contribution in [0.4, 0.5) is 0 Å². The molecule has 0 amide bonds. The van der Waals surface area contributed by atoms with Crippen molar-refractivity contribution >= 4 is 0 Å². The maximum Gasteiger partial charge on any atom is 0.115 e. The molecule has 2 rings (SSSR count). The van der Waals surface area contributed by atoms with Crippen molar-refractivity contribution in [3.05, 3.63) is 41.5 Å². The lowest BCUT2D eigenvalue weighted by Gasteiger charge is -2.19. The molecule has 1 aliphatic heterocycles. The predicted molar refractivity (Wildman–Crippen MR) is 60.7 cm³/mol. The number of hydrogen-bond acceptors (Lipinski definition) is 3. The maximum atomic E-state index is 9.33. The van der Waals surface area contributed by atoms with Crippen LogP contribution < -0.4 is 11.1 Å². The van der Waals surface area contributed by atoms with E-state index in [4.69, 9.17) is 5.73 Å². The van der Waals surface area contributed by atoms with E-state index in [2.05, 4.69) is 11.4 Å². The van der Waals surface area contributed by atoms with E-state index >= 15 is 0 Å². The molecule has 1 aliphatic rings. The molecule has 0 radical (unpaired) electrons. The number of hydrogen-bond donors (Lipinski definition) is 3. The molecule has 1 heterocycles. The van der Waals surface area contributed by atoms with E-state index in [1.54, 1.807) is 12.1 Å². The number of nitrogens with two attached hydrogens (primary N) is 1. The van der Waals surface area contributed by atoms with E-state index in [0.29, 0.717) is 5.75 Å². The number of benzene rings is 1. The third kappa shape index (κ3) is 2.81. The summed E-state index contributed by atoms with van der Waals surface area (Å²) in [5.41, 5.74) is 8.23. The topological polar surface area (TPSA) is 58.3 Å². The minimum absolute atomic E-state index is 0.117. The molecule has 1 aromatic rings. The molecule has 0 aliphatic carbocycles. The van der Waals surface area contributed by atoms with Crippen molar-refractivity contribution in [2.75, 3.05) is 13.1 Å². The molecule has 80 valence electrons. The first-order valence-corrected chi connectivity index (χ1v) is 5.18. The van der Waals surface area contributed by atoms with E-state index in [1.807, 2.05) is 12.1 Å². The first-order valence-electron chi connectivity index (χ1n) is 5.18.